The number of piperazine rings is 1. The number of hydrogen-bond donors (Lipinski definition) is 1. The molecule has 23 heavy (non-hydrogen) atoms. The molecular formula is C16H20ClN5S. The van der Waals surface area contributed by atoms with E-state index in [2.05, 4.69) is 31.9 Å². The van der Waals surface area contributed by atoms with Gasteiger partial charge in [-0.25, -0.2) is 9.98 Å². The van der Waals surface area contributed by atoms with Gasteiger partial charge >= 0.3 is 0 Å². The molecule has 0 radical (unpaired) electrons. The molecule has 1 aliphatic rings. The summed E-state index contributed by atoms with van der Waals surface area (Å²) in [7, 11) is 0. The minimum atomic E-state index is 0.606. The van der Waals surface area contributed by atoms with E-state index >= 15 is 0 Å². The second-order valence-corrected chi connectivity index (χ2v) is 7.23. The van der Waals surface area contributed by atoms with E-state index in [0.29, 0.717) is 12.5 Å². The maximum atomic E-state index is 6.13. The molecule has 0 spiro atoms. The zero-order chi connectivity index (χ0) is 16.2. The number of aryl methyl sites for hydroxylation is 1. The fourth-order valence-corrected chi connectivity index (χ4v) is 3.43. The van der Waals surface area contributed by atoms with Crippen LogP contribution in [-0.4, -0.2) is 42.0 Å². The molecule has 122 valence electrons. The number of halogens is 1. The van der Waals surface area contributed by atoms with E-state index in [1.807, 2.05) is 25.3 Å². The molecule has 5 nitrogen and oxygen atoms in total. The van der Waals surface area contributed by atoms with Crippen LogP contribution in [0.3, 0.4) is 0 Å². The number of nitrogens with zero attached hydrogens (tertiary/aromatic N) is 4. The van der Waals surface area contributed by atoms with Crippen LogP contribution in [0.15, 0.2) is 35.5 Å². The number of benzene rings is 1. The normalized spacial score (nSPS) is 16.0. The van der Waals surface area contributed by atoms with Crippen LogP contribution in [0.5, 0.6) is 0 Å². The van der Waals surface area contributed by atoms with Crippen molar-refractivity contribution in [3.8, 4) is 0 Å². The molecular weight excluding hydrogens is 330 g/mol. The molecule has 1 aromatic carbocycles. The van der Waals surface area contributed by atoms with Crippen molar-refractivity contribution < 1.29 is 0 Å². The molecule has 0 saturated carbocycles. The molecule has 1 aliphatic heterocycles. The first-order chi connectivity index (χ1) is 11.1. The standard InChI is InChI=1S/C16H20ClN5S/c1-12-19-10-15(23-12)11-20-16(18)22-8-6-21(7-9-22)14-4-2-13(17)3-5-14/h2-5,10H,6-9,11H2,1H3,(H2,18,20). The summed E-state index contributed by atoms with van der Waals surface area (Å²) >= 11 is 7.60. The fraction of sp³-hybridized carbons (Fsp3) is 0.375. The van der Waals surface area contributed by atoms with Crippen LogP contribution < -0.4 is 10.6 Å². The van der Waals surface area contributed by atoms with E-state index in [0.717, 1.165) is 41.1 Å². The Bertz CT molecular complexity index is 674. The smallest absolute Gasteiger partial charge is 0.191 e. The molecule has 1 saturated heterocycles. The van der Waals surface area contributed by atoms with Crippen LogP contribution in [0.1, 0.15) is 9.88 Å². The van der Waals surface area contributed by atoms with Gasteiger partial charge in [-0.1, -0.05) is 11.6 Å². The van der Waals surface area contributed by atoms with E-state index in [1.54, 1.807) is 11.3 Å². The second-order valence-electron chi connectivity index (χ2n) is 5.47. The second kappa shape index (κ2) is 7.19. The Hall–Kier alpha value is -1.79. The maximum absolute atomic E-state index is 6.13. The highest BCUT2D eigenvalue weighted by Crippen LogP contribution is 2.19. The van der Waals surface area contributed by atoms with Crippen molar-refractivity contribution in [2.75, 3.05) is 31.1 Å². The van der Waals surface area contributed by atoms with Gasteiger partial charge in [0.25, 0.3) is 0 Å². The predicted octanol–water partition coefficient (Wildman–Crippen LogP) is 2.74. The van der Waals surface area contributed by atoms with Gasteiger partial charge < -0.3 is 15.5 Å². The molecule has 0 atom stereocenters. The number of guanidine groups is 1. The van der Waals surface area contributed by atoms with Crippen molar-refractivity contribution in [2.45, 2.75) is 13.5 Å². The third-order valence-corrected chi connectivity index (χ3v) is 5.01. The molecule has 2 heterocycles. The van der Waals surface area contributed by atoms with Crippen LogP contribution in [0.25, 0.3) is 0 Å². The highest BCUT2D eigenvalue weighted by molar-refractivity contribution is 7.11. The molecule has 2 N–H and O–H groups in total. The van der Waals surface area contributed by atoms with Crippen molar-refractivity contribution in [3.63, 3.8) is 0 Å². The summed E-state index contributed by atoms with van der Waals surface area (Å²) in [6.07, 6.45) is 1.87. The summed E-state index contributed by atoms with van der Waals surface area (Å²) in [4.78, 5) is 14.4. The highest BCUT2D eigenvalue weighted by Gasteiger charge is 2.18. The van der Waals surface area contributed by atoms with Crippen LogP contribution in [-0.2, 0) is 6.54 Å². The summed E-state index contributed by atoms with van der Waals surface area (Å²) < 4.78 is 0. The Balaban J connectivity index is 1.54. The van der Waals surface area contributed by atoms with Gasteiger partial charge in [-0.05, 0) is 31.2 Å². The number of aromatic nitrogens is 1. The lowest BCUT2D eigenvalue weighted by atomic mass is 10.2. The average molecular weight is 350 g/mol. The van der Waals surface area contributed by atoms with Gasteiger partial charge in [0.2, 0.25) is 0 Å². The Morgan fingerprint density at radius 1 is 1.26 bits per heavy atom. The molecule has 3 rings (SSSR count). The van der Waals surface area contributed by atoms with Gasteiger partial charge in [-0.2, -0.15) is 0 Å². The molecule has 0 amide bonds. The molecule has 2 aromatic rings. The summed E-state index contributed by atoms with van der Waals surface area (Å²) in [6.45, 7) is 6.21. The zero-order valence-electron chi connectivity index (χ0n) is 13.1. The lowest BCUT2D eigenvalue weighted by molar-refractivity contribution is 0.381. The van der Waals surface area contributed by atoms with Gasteiger partial charge in [0, 0.05) is 48.0 Å². The van der Waals surface area contributed by atoms with Crippen LogP contribution >= 0.6 is 22.9 Å². The highest BCUT2D eigenvalue weighted by atomic mass is 35.5. The van der Waals surface area contributed by atoms with Gasteiger partial charge in [0.15, 0.2) is 5.96 Å². The quantitative estimate of drug-likeness (QED) is 0.683. The van der Waals surface area contributed by atoms with Crippen molar-refractivity contribution in [2.24, 2.45) is 10.7 Å². The topological polar surface area (TPSA) is 57.8 Å². The first kappa shape index (κ1) is 16.1. The van der Waals surface area contributed by atoms with Crippen molar-refractivity contribution in [1.82, 2.24) is 9.88 Å². The Kier molecular flexibility index (Phi) is 5.03. The number of aliphatic imine (C=N–C) groups is 1. The molecule has 0 bridgehead atoms. The number of thiazole rings is 1. The first-order valence-electron chi connectivity index (χ1n) is 7.58. The van der Waals surface area contributed by atoms with E-state index < -0.39 is 0 Å². The third kappa shape index (κ3) is 4.14. The van der Waals surface area contributed by atoms with E-state index in [1.165, 1.54) is 5.69 Å². The molecule has 0 aliphatic carbocycles. The van der Waals surface area contributed by atoms with Crippen LogP contribution in [0.2, 0.25) is 5.02 Å². The van der Waals surface area contributed by atoms with Gasteiger partial charge in [-0.3, -0.25) is 0 Å². The van der Waals surface area contributed by atoms with Crippen LogP contribution in [0.4, 0.5) is 5.69 Å². The fourth-order valence-electron chi connectivity index (χ4n) is 2.58. The monoisotopic (exact) mass is 349 g/mol. The Morgan fingerprint density at radius 3 is 2.57 bits per heavy atom. The van der Waals surface area contributed by atoms with Crippen molar-refractivity contribution in [1.29, 1.82) is 0 Å². The number of hydrogen-bond acceptors (Lipinski definition) is 4. The summed E-state index contributed by atoms with van der Waals surface area (Å²) in [6, 6.07) is 7.97. The van der Waals surface area contributed by atoms with Crippen LogP contribution in [0, 0.1) is 6.92 Å². The lowest BCUT2D eigenvalue weighted by Crippen LogP contribution is -2.51. The third-order valence-electron chi connectivity index (χ3n) is 3.86. The predicted molar refractivity (Wildman–Crippen MR) is 97.4 cm³/mol. The molecule has 1 aromatic heterocycles. The average Bonchev–Trinajstić information content (AvgIpc) is 2.99. The van der Waals surface area contributed by atoms with Crippen molar-refractivity contribution in [3.05, 3.63) is 45.4 Å². The summed E-state index contributed by atoms with van der Waals surface area (Å²) in [5.41, 5.74) is 7.33. The van der Waals surface area contributed by atoms with E-state index in [-0.39, 0.29) is 0 Å². The minimum absolute atomic E-state index is 0.606. The molecule has 7 heteroatoms. The molecule has 1 fully saturated rings. The Morgan fingerprint density at radius 2 is 1.96 bits per heavy atom. The van der Waals surface area contributed by atoms with Gasteiger partial charge in [0.05, 0.1) is 11.6 Å². The number of anilines is 1. The lowest BCUT2D eigenvalue weighted by Gasteiger charge is -2.36. The number of rotatable bonds is 3. The molecule has 0 unspecified atom stereocenters. The minimum Gasteiger partial charge on any atom is -0.370 e. The van der Waals surface area contributed by atoms with Gasteiger partial charge in [0.1, 0.15) is 0 Å². The van der Waals surface area contributed by atoms with Gasteiger partial charge in [-0.15, -0.1) is 11.3 Å². The summed E-state index contributed by atoms with van der Waals surface area (Å²) in [5.74, 6) is 0.617. The number of nitrogens with two attached hydrogens (primary N) is 1. The van der Waals surface area contributed by atoms with Crippen molar-refractivity contribution >= 4 is 34.6 Å². The maximum Gasteiger partial charge on any atom is 0.191 e. The summed E-state index contributed by atoms with van der Waals surface area (Å²) in [5, 5.41) is 1.83. The largest absolute Gasteiger partial charge is 0.370 e. The van der Waals surface area contributed by atoms with E-state index in [4.69, 9.17) is 17.3 Å². The zero-order valence-corrected chi connectivity index (χ0v) is 14.6. The SMILES string of the molecule is Cc1ncc(CN=C(N)N2CCN(c3ccc(Cl)cc3)CC2)s1. The van der Waals surface area contributed by atoms with E-state index in [9.17, 15) is 0 Å². The first-order valence-corrected chi connectivity index (χ1v) is 8.78. The Labute approximate surface area is 145 Å².